The molecule has 4 nitrogen and oxygen atoms in total. The van der Waals surface area contributed by atoms with Gasteiger partial charge in [-0.05, 0) is 52.1 Å². The molecule has 0 spiro atoms. The monoisotopic (exact) mass is 279 g/mol. The van der Waals surface area contributed by atoms with Gasteiger partial charge in [-0.25, -0.2) is 0 Å². The van der Waals surface area contributed by atoms with Gasteiger partial charge in [-0.1, -0.05) is 0 Å². The lowest BCUT2D eigenvalue weighted by molar-refractivity contribution is -0.0707. The minimum Gasteiger partial charge on any atom is -0.374 e. The fraction of sp³-hybridized carbons (Fsp3) is 1.00. The second-order valence-electron chi connectivity index (χ2n) is 7.29. The minimum atomic E-state index is 0.457. The Kier molecular flexibility index (Phi) is 3.75. The number of nitrogens with one attached hydrogen (secondary N) is 1. The first kappa shape index (κ1) is 13.5. The van der Waals surface area contributed by atoms with E-state index in [0.29, 0.717) is 6.10 Å². The Labute approximate surface area is 122 Å². The highest BCUT2D eigenvalue weighted by molar-refractivity contribution is 4.98. The molecule has 1 N–H and O–H groups in total. The topological polar surface area (TPSA) is 27.7 Å². The highest BCUT2D eigenvalue weighted by Crippen LogP contribution is 2.36. The molecule has 4 aliphatic rings. The van der Waals surface area contributed by atoms with Gasteiger partial charge in [0, 0.05) is 37.3 Å². The van der Waals surface area contributed by atoms with E-state index < -0.39 is 0 Å². The van der Waals surface area contributed by atoms with Crippen molar-refractivity contribution in [2.75, 3.05) is 33.3 Å². The molecular formula is C16H29N3O. The smallest absolute Gasteiger partial charge is 0.0829 e. The Morgan fingerprint density at radius 2 is 1.90 bits per heavy atom. The van der Waals surface area contributed by atoms with Crippen molar-refractivity contribution in [3.63, 3.8) is 0 Å². The third kappa shape index (κ3) is 2.41. The lowest BCUT2D eigenvalue weighted by Gasteiger charge is -2.43. The van der Waals surface area contributed by atoms with E-state index in [1.54, 1.807) is 0 Å². The van der Waals surface area contributed by atoms with Crippen molar-refractivity contribution in [1.29, 1.82) is 0 Å². The molecule has 20 heavy (non-hydrogen) atoms. The molecule has 4 atom stereocenters. The molecule has 0 aliphatic carbocycles. The van der Waals surface area contributed by atoms with Gasteiger partial charge in [-0.2, -0.15) is 0 Å². The normalized spacial score (nSPS) is 45.8. The van der Waals surface area contributed by atoms with Crippen molar-refractivity contribution >= 4 is 0 Å². The standard InChI is InChI=1S/C16H29N3O/c1-17-12-7-13-4-5-14(8-12)19(13)10-16-9-18-6-2-3-15(18)11-20-16/h12-17H,2-11H2,1H3. The molecule has 0 aromatic heterocycles. The second kappa shape index (κ2) is 5.56. The zero-order valence-corrected chi connectivity index (χ0v) is 12.8. The molecule has 4 heterocycles. The maximum Gasteiger partial charge on any atom is 0.0829 e. The average molecular weight is 279 g/mol. The van der Waals surface area contributed by atoms with Crippen molar-refractivity contribution in [2.24, 2.45) is 0 Å². The van der Waals surface area contributed by atoms with Crippen LogP contribution in [0.3, 0.4) is 0 Å². The van der Waals surface area contributed by atoms with Gasteiger partial charge in [0.15, 0.2) is 0 Å². The Bertz CT molecular complexity index is 337. The molecule has 0 aromatic carbocycles. The van der Waals surface area contributed by atoms with Crippen LogP contribution in [-0.4, -0.2) is 73.4 Å². The molecule has 4 rings (SSSR count). The molecule has 0 aromatic rings. The molecule has 0 amide bonds. The van der Waals surface area contributed by atoms with Crippen LogP contribution in [0, 0.1) is 0 Å². The summed E-state index contributed by atoms with van der Waals surface area (Å²) < 4.78 is 6.17. The van der Waals surface area contributed by atoms with E-state index in [-0.39, 0.29) is 0 Å². The van der Waals surface area contributed by atoms with Gasteiger partial charge in [0.2, 0.25) is 0 Å². The van der Waals surface area contributed by atoms with Crippen LogP contribution >= 0.6 is 0 Å². The van der Waals surface area contributed by atoms with Crippen molar-refractivity contribution in [3.8, 4) is 0 Å². The molecule has 4 aliphatic heterocycles. The first-order valence-electron chi connectivity index (χ1n) is 8.62. The van der Waals surface area contributed by atoms with Crippen LogP contribution in [0.2, 0.25) is 0 Å². The molecule has 0 saturated carbocycles. The number of morpholine rings is 1. The fourth-order valence-corrected chi connectivity index (χ4v) is 5.04. The molecule has 4 unspecified atom stereocenters. The van der Waals surface area contributed by atoms with Gasteiger partial charge in [0.1, 0.15) is 0 Å². The second-order valence-corrected chi connectivity index (χ2v) is 7.29. The first-order valence-corrected chi connectivity index (χ1v) is 8.62. The molecule has 4 fully saturated rings. The van der Waals surface area contributed by atoms with Gasteiger partial charge in [0.05, 0.1) is 12.7 Å². The van der Waals surface area contributed by atoms with Gasteiger partial charge in [-0.15, -0.1) is 0 Å². The Morgan fingerprint density at radius 1 is 1.10 bits per heavy atom. The first-order chi connectivity index (χ1) is 9.83. The number of rotatable bonds is 3. The third-order valence-corrected chi connectivity index (χ3v) is 6.17. The van der Waals surface area contributed by atoms with Crippen LogP contribution in [0.25, 0.3) is 0 Å². The van der Waals surface area contributed by atoms with E-state index in [1.165, 1.54) is 58.2 Å². The van der Waals surface area contributed by atoms with Crippen LogP contribution in [0.15, 0.2) is 0 Å². The van der Waals surface area contributed by atoms with Gasteiger partial charge in [0.25, 0.3) is 0 Å². The number of piperidine rings is 1. The summed E-state index contributed by atoms with van der Waals surface area (Å²) in [7, 11) is 2.12. The highest BCUT2D eigenvalue weighted by atomic mass is 16.5. The Balaban J connectivity index is 1.35. The molecule has 0 radical (unpaired) electrons. The summed E-state index contributed by atoms with van der Waals surface area (Å²) in [5.41, 5.74) is 0. The van der Waals surface area contributed by atoms with E-state index >= 15 is 0 Å². The van der Waals surface area contributed by atoms with Crippen LogP contribution in [0.1, 0.15) is 38.5 Å². The van der Waals surface area contributed by atoms with Crippen LogP contribution in [0.4, 0.5) is 0 Å². The largest absolute Gasteiger partial charge is 0.374 e. The quantitative estimate of drug-likeness (QED) is 0.836. The number of ether oxygens (including phenoxy) is 1. The Morgan fingerprint density at radius 3 is 2.65 bits per heavy atom. The van der Waals surface area contributed by atoms with Crippen LogP contribution in [0.5, 0.6) is 0 Å². The van der Waals surface area contributed by atoms with E-state index in [1.807, 2.05) is 0 Å². The fourth-order valence-electron chi connectivity index (χ4n) is 5.04. The molecular weight excluding hydrogens is 250 g/mol. The molecule has 114 valence electrons. The summed E-state index contributed by atoms with van der Waals surface area (Å²) >= 11 is 0. The van der Waals surface area contributed by atoms with E-state index in [4.69, 9.17) is 4.74 Å². The number of hydrogen-bond acceptors (Lipinski definition) is 4. The van der Waals surface area contributed by atoms with E-state index in [9.17, 15) is 0 Å². The van der Waals surface area contributed by atoms with Crippen molar-refractivity contribution < 1.29 is 4.74 Å². The molecule has 4 saturated heterocycles. The maximum atomic E-state index is 6.17. The summed E-state index contributed by atoms with van der Waals surface area (Å²) in [6, 6.07) is 3.11. The van der Waals surface area contributed by atoms with Crippen molar-refractivity contribution in [3.05, 3.63) is 0 Å². The summed E-state index contributed by atoms with van der Waals surface area (Å²) in [5, 5.41) is 3.49. The predicted molar refractivity (Wildman–Crippen MR) is 79.9 cm³/mol. The molecule has 2 bridgehead atoms. The van der Waals surface area contributed by atoms with Crippen LogP contribution < -0.4 is 5.32 Å². The Hall–Kier alpha value is -0.160. The number of fused-ring (bicyclic) bond motifs is 3. The predicted octanol–water partition coefficient (Wildman–Crippen LogP) is 1.06. The van der Waals surface area contributed by atoms with Gasteiger partial charge >= 0.3 is 0 Å². The van der Waals surface area contributed by atoms with Gasteiger partial charge < -0.3 is 10.1 Å². The zero-order valence-electron chi connectivity index (χ0n) is 12.8. The summed E-state index contributed by atoms with van der Waals surface area (Å²) in [4.78, 5) is 5.46. The van der Waals surface area contributed by atoms with Gasteiger partial charge in [-0.3, -0.25) is 9.80 Å². The number of nitrogens with zero attached hydrogens (tertiary/aromatic N) is 2. The summed E-state index contributed by atoms with van der Waals surface area (Å²) in [6.45, 7) is 4.64. The average Bonchev–Trinajstić information content (AvgIpc) is 3.01. The maximum absolute atomic E-state index is 6.17. The number of hydrogen-bond donors (Lipinski definition) is 1. The lowest BCUT2D eigenvalue weighted by Crippen LogP contribution is -2.55. The zero-order chi connectivity index (χ0) is 13.5. The lowest BCUT2D eigenvalue weighted by atomic mass is 9.97. The third-order valence-electron chi connectivity index (χ3n) is 6.17. The molecule has 4 heteroatoms. The van der Waals surface area contributed by atoms with Crippen molar-refractivity contribution in [1.82, 2.24) is 15.1 Å². The van der Waals surface area contributed by atoms with E-state index in [2.05, 4.69) is 22.2 Å². The summed E-state index contributed by atoms with van der Waals surface area (Å²) in [5.74, 6) is 0. The van der Waals surface area contributed by atoms with E-state index in [0.717, 1.165) is 30.8 Å². The van der Waals surface area contributed by atoms with Crippen LogP contribution in [-0.2, 0) is 4.74 Å². The van der Waals surface area contributed by atoms with Crippen molar-refractivity contribution in [2.45, 2.75) is 68.8 Å². The SMILES string of the molecule is CNC1CC2CCC(C1)N2CC1CN2CCCC2CO1. The summed E-state index contributed by atoms with van der Waals surface area (Å²) in [6.07, 6.45) is 8.67. The minimum absolute atomic E-state index is 0.457. The highest BCUT2D eigenvalue weighted by Gasteiger charge is 2.42.